The van der Waals surface area contributed by atoms with Gasteiger partial charge in [-0.3, -0.25) is 9.59 Å². The fraction of sp³-hybridized carbons (Fsp3) is 0.571. The van der Waals surface area contributed by atoms with Crippen LogP contribution in [-0.2, 0) is 17.6 Å². The quantitative estimate of drug-likeness (QED) is 0.891. The van der Waals surface area contributed by atoms with Crippen LogP contribution in [0, 0.1) is 5.92 Å². The van der Waals surface area contributed by atoms with Gasteiger partial charge >= 0.3 is 5.97 Å². The largest absolute Gasteiger partial charge is 0.481 e. The second-order valence-corrected chi connectivity index (χ2v) is 6.58. The Balaban J connectivity index is 1.59. The highest BCUT2D eigenvalue weighted by atomic mass is 32.1. The Kier molecular flexibility index (Phi) is 3.31. The highest BCUT2D eigenvalue weighted by Crippen LogP contribution is 2.31. The number of aliphatic carboxylic acids is 1. The number of carboxylic acid groups (broad SMARTS) is 1. The molecule has 102 valence electrons. The van der Waals surface area contributed by atoms with Crippen molar-refractivity contribution in [2.24, 2.45) is 5.92 Å². The zero-order valence-corrected chi connectivity index (χ0v) is 11.5. The van der Waals surface area contributed by atoms with Crippen LogP contribution < -0.4 is 5.32 Å². The molecule has 0 unspecified atom stereocenters. The van der Waals surface area contributed by atoms with Crippen LogP contribution in [0.1, 0.15) is 45.8 Å². The van der Waals surface area contributed by atoms with Gasteiger partial charge in [0.1, 0.15) is 0 Å². The maximum Gasteiger partial charge on any atom is 0.306 e. The Labute approximate surface area is 115 Å². The van der Waals surface area contributed by atoms with Crippen LogP contribution in [0.4, 0.5) is 0 Å². The molecule has 0 saturated heterocycles. The minimum atomic E-state index is -0.753. The maximum absolute atomic E-state index is 12.1. The second-order valence-electron chi connectivity index (χ2n) is 5.44. The molecule has 0 aromatic carbocycles. The molecule has 2 N–H and O–H groups in total. The predicted molar refractivity (Wildman–Crippen MR) is 72.6 cm³/mol. The molecule has 1 aromatic rings. The Bertz CT molecular complexity index is 493. The van der Waals surface area contributed by atoms with Gasteiger partial charge < -0.3 is 10.4 Å². The lowest BCUT2D eigenvalue weighted by Gasteiger charge is -2.32. The van der Waals surface area contributed by atoms with Gasteiger partial charge in [0.2, 0.25) is 0 Å². The van der Waals surface area contributed by atoms with Crippen LogP contribution >= 0.6 is 11.3 Å². The lowest BCUT2D eigenvalue weighted by molar-refractivity contribution is -0.145. The average molecular weight is 279 g/mol. The SMILES string of the molecule is O=C(NC1CC(C(=O)O)C1)c1cc2c(s1)CCCC2. The summed E-state index contributed by atoms with van der Waals surface area (Å²) in [5.74, 6) is -1.06. The average Bonchev–Trinajstić information content (AvgIpc) is 2.76. The molecular weight excluding hydrogens is 262 g/mol. The Morgan fingerprint density at radius 1 is 1.26 bits per heavy atom. The first-order chi connectivity index (χ1) is 9.13. The molecule has 1 fully saturated rings. The van der Waals surface area contributed by atoms with Crippen LogP contribution in [0.15, 0.2) is 6.07 Å². The summed E-state index contributed by atoms with van der Waals surface area (Å²) in [5.41, 5.74) is 1.33. The first-order valence-electron chi connectivity index (χ1n) is 6.78. The molecule has 2 aliphatic carbocycles. The van der Waals surface area contributed by atoms with Crippen molar-refractivity contribution >= 4 is 23.2 Å². The van der Waals surface area contributed by atoms with Gasteiger partial charge in [0.05, 0.1) is 10.8 Å². The van der Waals surface area contributed by atoms with Gasteiger partial charge in [0.25, 0.3) is 5.91 Å². The number of amides is 1. The maximum atomic E-state index is 12.1. The standard InChI is InChI=1S/C14H17NO3S/c16-13(15-10-5-9(6-10)14(17)18)12-7-8-3-1-2-4-11(8)19-12/h7,9-10H,1-6H2,(H,15,16)(H,17,18). The number of nitrogens with one attached hydrogen (secondary N) is 1. The van der Waals surface area contributed by atoms with E-state index < -0.39 is 5.97 Å². The summed E-state index contributed by atoms with van der Waals surface area (Å²) in [4.78, 5) is 24.9. The smallest absolute Gasteiger partial charge is 0.306 e. The molecule has 3 rings (SSSR count). The molecule has 0 atom stereocenters. The van der Waals surface area contributed by atoms with E-state index in [2.05, 4.69) is 5.32 Å². The summed E-state index contributed by atoms with van der Waals surface area (Å²) in [7, 11) is 0. The molecule has 1 heterocycles. The van der Waals surface area contributed by atoms with E-state index in [1.807, 2.05) is 6.07 Å². The van der Waals surface area contributed by atoms with Gasteiger partial charge in [-0.15, -0.1) is 11.3 Å². The summed E-state index contributed by atoms with van der Waals surface area (Å²) in [6.45, 7) is 0. The van der Waals surface area contributed by atoms with Gasteiger partial charge in [-0.2, -0.15) is 0 Å². The van der Waals surface area contributed by atoms with Crippen molar-refractivity contribution in [1.82, 2.24) is 5.32 Å². The normalized spacial score (nSPS) is 25.3. The van der Waals surface area contributed by atoms with E-state index in [0.29, 0.717) is 12.8 Å². The van der Waals surface area contributed by atoms with E-state index in [1.54, 1.807) is 11.3 Å². The minimum absolute atomic E-state index is 0.0340. The van der Waals surface area contributed by atoms with E-state index in [9.17, 15) is 9.59 Å². The molecule has 5 heteroatoms. The molecule has 4 nitrogen and oxygen atoms in total. The summed E-state index contributed by atoms with van der Waals surface area (Å²) >= 11 is 1.60. The third-order valence-electron chi connectivity index (χ3n) is 4.04. The highest BCUT2D eigenvalue weighted by molar-refractivity contribution is 7.14. The van der Waals surface area contributed by atoms with Gasteiger partial charge in [-0.1, -0.05) is 0 Å². The Hall–Kier alpha value is -1.36. The van der Waals surface area contributed by atoms with Gasteiger partial charge in [-0.05, 0) is 50.2 Å². The second kappa shape index (κ2) is 4.96. The summed E-state index contributed by atoms with van der Waals surface area (Å²) in [5, 5.41) is 11.7. The van der Waals surface area contributed by atoms with Crippen molar-refractivity contribution in [2.75, 3.05) is 0 Å². The molecular formula is C14H17NO3S. The monoisotopic (exact) mass is 279 g/mol. The first kappa shape index (κ1) is 12.7. The fourth-order valence-electron chi connectivity index (χ4n) is 2.80. The van der Waals surface area contributed by atoms with Gasteiger partial charge in [-0.25, -0.2) is 0 Å². The van der Waals surface area contributed by atoms with E-state index in [-0.39, 0.29) is 17.9 Å². The molecule has 19 heavy (non-hydrogen) atoms. The van der Waals surface area contributed by atoms with Gasteiger partial charge in [0.15, 0.2) is 0 Å². The molecule has 0 bridgehead atoms. The van der Waals surface area contributed by atoms with E-state index >= 15 is 0 Å². The Morgan fingerprint density at radius 3 is 2.68 bits per heavy atom. The number of fused-ring (bicyclic) bond motifs is 1. The summed E-state index contributed by atoms with van der Waals surface area (Å²) in [6.07, 6.45) is 5.74. The van der Waals surface area contributed by atoms with Crippen LogP contribution in [-0.4, -0.2) is 23.0 Å². The van der Waals surface area contributed by atoms with Crippen molar-refractivity contribution in [2.45, 2.75) is 44.6 Å². The number of carbonyl (C=O) groups excluding carboxylic acids is 1. The topological polar surface area (TPSA) is 66.4 Å². The third kappa shape index (κ3) is 2.52. The predicted octanol–water partition coefficient (Wildman–Crippen LogP) is 2.22. The third-order valence-corrected chi connectivity index (χ3v) is 5.28. The van der Waals surface area contributed by atoms with E-state index in [1.165, 1.54) is 23.3 Å². The van der Waals surface area contributed by atoms with Crippen molar-refractivity contribution < 1.29 is 14.7 Å². The number of carbonyl (C=O) groups is 2. The number of aryl methyl sites for hydroxylation is 2. The Morgan fingerprint density at radius 2 is 2.00 bits per heavy atom. The number of carboxylic acids is 1. The molecule has 2 aliphatic rings. The van der Waals surface area contributed by atoms with Crippen LogP contribution in [0.2, 0.25) is 0 Å². The lowest BCUT2D eigenvalue weighted by atomic mass is 9.80. The molecule has 1 amide bonds. The molecule has 1 aromatic heterocycles. The van der Waals surface area contributed by atoms with Crippen molar-refractivity contribution in [3.05, 3.63) is 21.4 Å². The van der Waals surface area contributed by atoms with Crippen LogP contribution in [0.3, 0.4) is 0 Å². The summed E-state index contributed by atoms with van der Waals surface area (Å²) < 4.78 is 0. The van der Waals surface area contributed by atoms with E-state index in [4.69, 9.17) is 5.11 Å². The number of thiophene rings is 1. The fourth-order valence-corrected chi connectivity index (χ4v) is 3.95. The van der Waals surface area contributed by atoms with E-state index in [0.717, 1.165) is 17.7 Å². The van der Waals surface area contributed by atoms with Crippen molar-refractivity contribution in [1.29, 1.82) is 0 Å². The van der Waals surface area contributed by atoms with Crippen molar-refractivity contribution in [3.8, 4) is 0 Å². The molecule has 0 radical (unpaired) electrons. The molecule has 0 spiro atoms. The van der Waals surface area contributed by atoms with Crippen LogP contribution in [0.5, 0.6) is 0 Å². The zero-order chi connectivity index (χ0) is 13.4. The lowest BCUT2D eigenvalue weighted by Crippen LogP contribution is -2.46. The first-order valence-corrected chi connectivity index (χ1v) is 7.60. The summed E-state index contributed by atoms with van der Waals surface area (Å²) in [6, 6.07) is 2.05. The molecule has 1 saturated carbocycles. The molecule has 0 aliphatic heterocycles. The number of hydrogen-bond acceptors (Lipinski definition) is 3. The van der Waals surface area contributed by atoms with Crippen LogP contribution in [0.25, 0.3) is 0 Å². The zero-order valence-electron chi connectivity index (χ0n) is 10.6. The minimum Gasteiger partial charge on any atom is -0.481 e. The van der Waals surface area contributed by atoms with Gasteiger partial charge in [0, 0.05) is 10.9 Å². The highest BCUT2D eigenvalue weighted by Gasteiger charge is 2.35. The number of rotatable bonds is 3. The number of hydrogen-bond donors (Lipinski definition) is 2. The van der Waals surface area contributed by atoms with Crippen molar-refractivity contribution in [3.63, 3.8) is 0 Å².